The molecule has 132 valence electrons. The Labute approximate surface area is 116 Å². The zero-order valence-electron chi connectivity index (χ0n) is 11.4. The van der Waals surface area contributed by atoms with Gasteiger partial charge in [-0.2, -0.15) is 0 Å². The molecule has 0 heterocycles. The number of hydrogen-bond donors (Lipinski definition) is 0. The van der Waals surface area contributed by atoms with Gasteiger partial charge in [0, 0.05) is 0 Å². The summed E-state index contributed by atoms with van der Waals surface area (Å²) in [7, 11) is -18.0. The van der Waals surface area contributed by atoms with Crippen molar-refractivity contribution >= 4 is 21.8 Å². The second kappa shape index (κ2) is 21.3. The Hall–Kier alpha value is -1.04. The number of hydrogen-bond acceptors (Lipinski definition) is 0. The Kier molecular flexibility index (Phi) is 37.3. The van der Waals surface area contributed by atoms with Crippen LogP contribution in [0.25, 0.3) is 0 Å². The van der Waals surface area contributed by atoms with E-state index in [4.69, 9.17) is 0 Å². The molecule has 0 spiro atoms. The molecule has 0 aromatic rings. The van der Waals surface area contributed by atoms with Crippen molar-refractivity contribution in [3.63, 3.8) is 0 Å². The van der Waals surface area contributed by atoms with Gasteiger partial charge in [-0.1, -0.05) is 0 Å². The largest absolute Gasteiger partial charge is 0.673 e. The van der Waals surface area contributed by atoms with E-state index >= 15 is 0 Å². The molecule has 21 heavy (non-hydrogen) atoms. The lowest BCUT2D eigenvalue weighted by Crippen LogP contribution is -2.02. The smallest absolute Gasteiger partial charge is 0.418 e. The molecule has 0 rings (SSSR count). The summed E-state index contributed by atoms with van der Waals surface area (Å²) in [6, 6.07) is 0. The van der Waals surface area contributed by atoms with Gasteiger partial charge in [0.15, 0.2) is 0 Å². The van der Waals surface area contributed by atoms with Crippen molar-refractivity contribution in [2.45, 2.75) is 20.8 Å². The predicted octanol–water partition coefficient (Wildman–Crippen LogP) is 6.42. The van der Waals surface area contributed by atoms with Crippen LogP contribution in [-0.4, -0.2) is 21.8 Å². The first-order valence-electron chi connectivity index (χ1n) is 4.74. The quantitative estimate of drug-likeness (QED) is 0.269. The fourth-order valence-corrected chi connectivity index (χ4v) is 0. The van der Waals surface area contributed by atoms with E-state index in [-0.39, 0.29) is 0 Å². The molecule has 0 saturated carbocycles. The topological polar surface area (TPSA) is 0 Å². The molecule has 0 aliphatic heterocycles. The van der Waals surface area contributed by atoms with Gasteiger partial charge in [-0.3, -0.25) is 0 Å². The van der Waals surface area contributed by atoms with Gasteiger partial charge in [0.05, 0.1) is 41.5 Å². The van der Waals surface area contributed by atoms with Gasteiger partial charge in [-0.25, -0.2) is 0 Å². The lowest BCUT2D eigenvalue weighted by molar-refractivity contribution is 0.366. The molecule has 0 saturated heterocycles. The van der Waals surface area contributed by atoms with Gasteiger partial charge in [-0.05, 0) is 0 Å². The SMILES string of the molecule is F[B-](F)(F)F.F[B-](F)(F)F.F[B-](F)(F)F.[CH2+]C.[CH2+]C.[CH2+]C. The summed E-state index contributed by atoms with van der Waals surface area (Å²) >= 11 is 0. The van der Waals surface area contributed by atoms with Crippen LogP contribution in [0.15, 0.2) is 0 Å². The molecule has 0 aliphatic carbocycles. The van der Waals surface area contributed by atoms with Crippen LogP contribution in [0.5, 0.6) is 0 Å². The van der Waals surface area contributed by atoms with E-state index in [2.05, 4.69) is 20.8 Å². The summed E-state index contributed by atoms with van der Waals surface area (Å²) in [4.78, 5) is 0. The van der Waals surface area contributed by atoms with E-state index in [1.807, 2.05) is 0 Å². The van der Waals surface area contributed by atoms with E-state index in [1.165, 1.54) is 0 Å². The van der Waals surface area contributed by atoms with Gasteiger partial charge < -0.3 is 51.8 Å². The summed E-state index contributed by atoms with van der Waals surface area (Å²) in [6.07, 6.45) is 0. The van der Waals surface area contributed by atoms with Crippen molar-refractivity contribution in [3.05, 3.63) is 20.8 Å². The number of rotatable bonds is 0. The summed E-state index contributed by atoms with van der Waals surface area (Å²) < 4.78 is 117. The van der Waals surface area contributed by atoms with Crippen LogP contribution < -0.4 is 0 Å². The van der Waals surface area contributed by atoms with E-state index in [0.29, 0.717) is 0 Å². The van der Waals surface area contributed by atoms with Crippen LogP contribution in [0.1, 0.15) is 20.8 Å². The summed E-state index contributed by atoms with van der Waals surface area (Å²) in [5.41, 5.74) is 0. The van der Waals surface area contributed by atoms with Crippen LogP contribution >= 0.6 is 0 Å². The van der Waals surface area contributed by atoms with Gasteiger partial charge >= 0.3 is 21.8 Å². The molecule has 0 nitrogen and oxygen atoms in total. The second-order valence-electron chi connectivity index (χ2n) is 1.48. The van der Waals surface area contributed by atoms with Crippen LogP contribution in [0, 0.1) is 20.8 Å². The average molecular weight is 348 g/mol. The Morgan fingerprint density at radius 2 is 0.333 bits per heavy atom. The van der Waals surface area contributed by atoms with Gasteiger partial charge in [0.25, 0.3) is 0 Å². The van der Waals surface area contributed by atoms with Crippen molar-refractivity contribution in [2.75, 3.05) is 0 Å². The highest BCUT2D eigenvalue weighted by molar-refractivity contribution is 6.50. The molecule has 0 N–H and O–H groups in total. The minimum atomic E-state index is -6.00. The first-order valence-corrected chi connectivity index (χ1v) is 4.74. The predicted molar refractivity (Wildman–Crippen MR) is 63.7 cm³/mol. The van der Waals surface area contributed by atoms with E-state index in [9.17, 15) is 51.8 Å². The van der Waals surface area contributed by atoms with Crippen molar-refractivity contribution in [1.82, 2.24) is 0 Å². The van der Waals surface area contributed by atoms with Crippen molar-refractivity contribution in [2.24, 2.45) is 0 Å². The third-order valence-electron chi connectivity index (χ3n) is 0. The van der Waals surface area contributed by atoms with Gasteiger partial charge in [0.2, 0.25) is 0 Å². The average Bonchev–Trinajstić information content (AvgIpc) is 2.18. The molecular weight excluding hydrogens is 332 g/mol. The molecule has 0 aliphatic rings. The monoisotopic (exact) mass is 348 g/mol. The molecule has 0 atom stereocenters. The summed E-state index contributed by atoms with van der Waals surface area (Å²) in [6.45, 7) is 15.0. The highest BCUT2D eigenvalue weighted by Crippen LogP contribution is 2.07. The van der Waals surface area contributed by atoms with Gasteiger partial charge in [0.1, 0.15) is 0 Å². The first kappa shape index (κ1) is 36.8. The normalized spacial score (nSPS) is 9.29. The van der Waals surface area contributed by atoms with Crippen LogP contribution in [0.4, 0.5) is 51.8 Å². The van der Waals surface area contributed by atoms with Crippen molar-refractivity contribution in [1.29, 1.82) is 0 Å². The summed E-state index contributed by atoms with van der Waals surface area (Å²) in [5.74, 6) is 0. The third-order valence-corrected chi connectivity index (χ3v) is 0. The molecule has 0 bridgehead atoms. The molecule has 0 amide bonds. The van der Waals surface area contributed by atoms with Crippen LogP contribution in [0.2, 0.25) is 0 Å². The Bertz CT molecular complexity index is 104. The molecule has 0 aromatic carbocycles. The Balaban J connectivity index is -0.0000000340. The van der Waals surface area contributed by atoms with Crippen molar-refractivity contribution < 1.29 is 51.8 Å². The molecule has 15 heteroatoms. The highest BCUT2D eigenvalue weighted by Gasteiger charge is 2.21. The molecule has 0 aromatic heterocycles. The third kappa shape index (κ3) is 5090. The van der Waals surface area contributed by atoms with E-state index in [1.54, 1.807) is 20.8 Å². The molecule has 0 radical (unpaired) electrons. The highest BCUT2D eigenvalue weighted by atomic mass is 19.5. The van der Waals surface area contributed by atoms with Gasteiger partial charge in [-0.15, -0.1) is 0 Å². The minimum absolute atomic E-state index is 1.75. The maximum atomic E-state index is 9.75. The maximum Gasteiger partial charge on any atom is 0.673 e. The Morgan fingerprint density at radius 1 is 0.333 bits per heavy atom. The lowest BCUT2D eigenvalue weighted by atomic mass is 10.3. The van der Waals surface area contributed by atoms with E-state index < -0.39 is 21.8 Å². The lowest BCUT2D eigenvalue weighted by Gasteiger charge is -1.94. The van der Waals surface area contributed by atoms with Crippen LogP contribution in [-0.2, 0) is 0 Å². The molecule has 0 unspecified atom stereocenters. The summed E-state index contributed by atoms with van der Waals surface area (Å²) in [5, 5.41) is 0. The first-order chi connectivity index (χ1) is 9.00. The minimum Gasteiger partial charge on any atom is -0.418 e. The standard InChI is InChI=1S/3C2H5.3BF4/c3*1-2;3*2-1(3,4)5/h3*1H2,2H3;;;/q3*+1;3*-1. The van der Waals surface area contributed by atoms with Crippen LogP contribution in [0.3, 0.4) is 0 Å². The number of halogens is 12. The van der Waals surface area contributed by atoms with E-state index in [0.717, 1.165) is 0 Å². The zero-order chi connectivity index (χ0) is 19.5. The fourth-order valence-electron chi connectivity index (χ4n) is 0. The molecular formula is C6H15B3F12. The van der Waals surface area contributed by atoms with Crippen molar-refractivity contribution in [3.8, 4) is 0 Å². The zero-order valence-corrected chi connectivity index (χ0v) is 11.4. The second-order valence-corrected chi connectivity index (χ2v) is 1.48. The maximum absolute atomic E-state index is 9.75. The Morgan fingerprint density at radius 3 is 0.333 bits per heavy atom. The molecule has 0 fully saturated rings. The fraction of sp³-hybridized carbons (Fsp3) is 0.500.